The molecule has 0 rings (SSSR count). The molecule has 0 atom stereocenters. The molecule has 0 aliphatic rings. The lowest BCUT2D eigenvalue weighted by atomic mass is 10.3. The summed E-state index contributed by atoms with van der Waals surface area (Å²) in [6.45, 7) is 11.4. The Bertz CT molecular complexity index is 57.3. The maximum atomic E-state index is 3.55. The van der Waals surface area contributed by atoms with Crippen molar-refractivity contribution in [3.63, 3.8) is 0 Å². The lowest BCUT2D eigenvalue weighted by Crippen LogP contribution is -1.52. The number of hydrogen-bond donors (Lipinski definition) is 0. The van der Waals surface area contributed by atoms with Gasteiger partial charge in [-0.3, -0.25) is 0 Å². The summed E-state index contributed by atoms with van der Waals surface area (Å²) in [5, 5.41) is 0. The van der Waals surface area contributed by atoms with E-state index < -0.39 is 0 Å². The Morgan fingerprint density at radius 3 is 1.18 bits per heavy atom. The molecule has 68 valence electrons. The Kier molecular flexibility index (Phi) is 35.0. The van der Waals surface area contributed by atoms with Gasteiger partial charge in [-0.2, -0.15) is 13.5 Å². The molecule has 0 saturated heterocycles. The third-order valence-corrected chi connectivity index (χ3v) is 0.986. The van der Waals surface area contributed by atoms with Crippen molar-refractivity contribution in [3.05, 3.63) is 25.3 Å². The van der Waals surface area contributed by atoms with Crippen LogP contribution in [0.5, 0.6) is 0 Å². The van der Waals surface area contributed by atoms with Gasteiger partial charge in [0.05, 0.1) is 0 Å². The van der Waals surface area contributed by atoms with Crippen molar-refractivity contribution in [2.75, 3.05) is 0 Å². The minimum absolute atomic E-state index is 0. The van der Waals surface area contributed by atoms with E-state index >= 15 is 0 Å². The fourth-order valence-electron chi connectivity index (χ4n) is 0.408. The van der Waals surface area contributed by atoms with Gasteiger partial charge in [-0.05, 0) is 12.8 Å². The van der Waals surface area contributed by atoms with Crippen LogP contribution in [-0.4, -0.2) is 0 Å². The van der Waals surface area contributed by atoms with Crippen LogP contribution in [0, 0.1) is 0 Å². The van der Waals surface area contributed by atoms with Crippen molar-refractivity contribution in [2.45, 2.75) is 39.5 Å². The Hall–Kier alpha value is -0.170. The molecule has 0 aromatic heterocycles. The molecule has 0 saturated carbocycles. The van der Waals surface area contributed by atoms with Crippen LogP contribution >= 0.6 is 13.5 Å². The van der Waals surface area contributed by atoms with Gasteiger partial charge in [0.15, 0.2) is 0 Å². The molecule has 1 heteroatoms. The molecule has 0 aliphatic carbocycles. The first-order chi connectivity index (χ1) is 4.83. The van der Waals surface area contributed by atoms with Crippen molar-refractivity contribution in [3.8, 4) is 0 Å². The molecule has 0 bridgehead atoms. The molecule has 0 N–H and O–H groups in total. The van der Waals surface area contributed by atoms with Crippen LogP contribution in [0.2, 0.25) is 0 Å². The third kappa shape index (κ3) is 41.1. The second kappa shape index (κ2) is 22.5. The average molecular weight is 174 g/mol. The summed E-state index contributed by atoms with van der Waals surface area (Å²) in [4.78, 5) is 0. The third-order valence-electron chi connectivity index (χ3n) is 0.986. The van der Waals surface area contributed by atoms with Crippen LogP contribution in [0.25, 0.3) is 0 Å². The van der Waals surface area contributed by atoms with E-state index in [1.807, 2.05) is 12.2 Å². The molecule has 11 heavy (non-hydrogen) atoms. The number of allylic oxidation sites excluding steroid dienone is 2. The first-order valence-corrected chi connectivity index (χ1v) is 4.05. The van der Waals surface area contributed by atoms with Crippen LogP contribution < -0.4 is 0 Å². The first kappa shape index (κ1) is 17.1. The maximum absolute atomic E-state index is 3.55. The molecular formula is C10H22S. The highest BCUT2D eigenvalue weighted by molar-refractivity contribution is 7.59. The van der Waals surface area contributed by atoms with Crippen LogP contribution in [-0.2, 0) is 0 Å². The molecule has 0 unspecified atom stereocenters. The minimum Gasteiger partial charge on any atom is -0.197 e. The van der Waals surface area contributed by atoms with E-state index in [1.54, 1.807) is 0 Å². The zero-order chi connectivity index (χ0) is 8.24. The van der Waals surface area contributed by atoms with Gasteiger partial charge >= 0.3 is 0 Å². The van der Waals surface area contributed by atoms with Gasteiger partial charge in [0.25, 0.3) is 0 Å². The van der Waals surface area contributed by atoms with E-state index in [9.17, 15) is 0 Å². The Labute approximate surface area is 78.8 Å². The molecule has 0 nitrogen and oxygen atoms in total. The topological polar surface area (TPSA) is 0 Å². The molecule has 0 aromatic carbocycles. The summed E-state index contributed by atoms with van der Waals surface area (Å²) in [6.07, 6.45) is 8.62. The van der Waals surface area contributed by atoms with E-state index in [2.05, 4.69) is 27.0 Å². The SMILES string of the molecule is C=CCCC.C=CCCC.S. The normalized spacial score (nSPS) is 6.73. The fraction of sp³-hybridized carbons (Fsp3) is 0.600. The molecule has 0 radical (unpaired) electrons. The summed E-state index contributed by atoms with van der Waals surface area (Å²) < 4.78 is 0. The van der Waals surface area contributed by atoms with Crippen molar-refractivity contribution in [1.82, 2.24) is 0 Å². The Balaban J connectivity index is -0.000000107. The highest BCUT2D eigenvalue weighted by atomic mass is 32.1. The molecular weight excluding hydrogens is 152 g/mol. The highest BCUT2D eigenvalue weighted by Gasteiger charge is 1.62. The van der Waals surface area contributed by atoms with Crippen LogP contribution in [0.1, 0.15) is 39.5 Å². The summed E-state index contributed by atoms with van der Waals surface area (Å²) in [5.74, 6) is 0. The Morgan fingerprint density at radius 1 is 0.909 bits per heavy atom. The van der Waals surface area contributed by atoms with Crippen LogP contribution in [0.3, 0.4) is 0 Å². The molecule has 0 aliphatic heterocycles. The maximum Gasteiger partial charge on any atom is -0.0356 e. The fourth-order valence-corrected chi connectivity index (χ4v) is 0.408. The van der Waals surface area contributed by atoms with E-state index in [4.69, 9.17) is 0 Å². The van der Waals surface area contributed by atoms with Gasteiger partial charge in [0.2, 0.25) is 0 Å². The van der Waals surface area contributed by atoms with Gasteiger partial charge < -0.3 is 0 Å². The Morgan fingerprint density at radius 2 is 1.18 bits per heavy atom. The zero-order valence-corrected chi connectivity index (χ0v) is 8.90. The molecule has 0 aromatic rings. The van der Waals surface area contributed by atoms with Crippen molar-refractivity contribution in [2.24, 2.45) is 0 Å². The largest absolute Gasteiger partial charge is 0.197 e. The van der Waals surface area contributed by atoms with Crippen LogP contribution in [0.4, 0.5) is 0 Å². The van der Waals surface area contributed by atoms with E-state index in [1.165, 1.54) is 12.8 Å². The summed E-state index contributed by atoms with van der Waals surface area (Å²) in [7, 11) is 0. The molecule has 0 spiro atoms. The van der Waals surface area contributed by atoms with Gasteiger partial charge in [-0.1, -0.05) is 38.8 Å². The summed E-state index contributed by atoms with van der Waals surface area (Å²) >= 11 is 0. The van der Waals surface area contributed by atoms with Gasteiger partial charge in [-0.15, -0.1) is 13.2 Å². The van der Waals surface area contributed by atoms with Crippen molar-refractivity contribution >= 4 is 13.5 Å². The van der Waals surface area contributed by atoms with Gasteiger partial charge in [0.1, 0.15) is 0 Å². The highest BCUT2D eigenvalue weighted by Crippen LogP contribution is 1.82. The predicted octanol–water partition coefficient (Wildman–Crippen LogP) is 4.06. The lowest BCUT2D eigenvalue weighted by molar-refractivity contribution is 0.961. The predicted molar refractivity (Wildman–Crippen MR) is 60.6 cm³/mol. The monoisotopic (exact) mass is 174 g/mol. The second-order valence-electron chi connectivity index (χ2n) is 2.15. The summed E-state index contributed by atoms with van der Waals surface area (Å²) in [5.41, 5.74) is 0. The first-order valence-electron chi connectivity index (χ1n) is 4.05. The molecule has 0 heterocycles. The number of unbranched alkanes of at least 4 members (excludes halogenated alkanes) is 2. The zero-order valence-electron chi connectivity index (χ0n) is 7.90. The smallest absolute Gasteiger partial charge is 0.0356 e. The molecule has 0 fully saturated rings. The van der Waals surface area contributed by atoms with Gasteiger partial charge in [0, 0.05) is 0 Å². The van der Waals surface area contributed by atoms with E-state index in [0.29, 0.717) is 0 Å². The minimum atomic E-state index is 0. The quantitative estimate of drug-likeness (QED) is 0.564. The average Bonchev–Trinajstić information content (AvgIpc) is 1.93. The van der Waals surface area contributed by atoms with Crippen molar-refractivity contribution in [1.29, 1.82) is 0 Å². The second-order valence-corrected chi connectivity index (χ2v) is 2.15. The molecule has 0 amide bonds. The number of hydrogen-bond acceptors (Lipinski definition) is 0. The standard InChI is InChI=1S/2C5H10.H2S/c2*1-3-5-4-2;/h2*3H,1,4-5H2,2H3;1H2. The lowest BCUT2D eigenvalue weighted by Gasteiger charge is -1.72. The number of rotatable bonds is 4. The van der Waals surface area contributed by atoms with Crippen molar-refractivity contribution < 1.29 is 0 Å². The summed E-state index contributed by atoms with van der Waals surface area (Å²) in [6, 6.07) is 0. The van der Waals surface area contributed by atoms with Gasteiger partial charge in [-0.25, -0.2) is 0 Å². The van der Waals surface area contributed by atoms with E-state index in [0.717, 1.165) is 12.8 Å². The van der Waals surface area contributed by atoms with Crippen LogP contribution in [0.15, 0.2) is 25.3 Å². The van der Waals surface area contributed by atoms with E-state index in [-0.39, 0.29) is 13.5 Å².